The molecule has 1 nitrogen and oxygen atoms in total. The summed E-state index contributed by atoms with van der Waals surface area (Å²) in [6, 6.07) is 0. The third kappa shape index (κ3) is 2.05. The van der Waals surface area contributed by atoms with Gasteiger partial charge in [-0.3, -0.25) is 0 Å². The van der Waals surface area contributed by atoms with Gasteiger partial charge in [0.15, 0.2) is 0 Å². The Hall–Kier alpha value is 0.0500. The number of thiol groups is 1. The second kappa shape index (κ2) is 3.08. The molecule has 1 fully saturated rings. The van der Waals surface area contributed by atoms with Gasteiger partial charge in [0.05, 0.1) is 11.7 Å². The maximum absolute atomic E-state index is 5.87. The molecule has 0 bridgehead atoms. The Morgan fingerprint density at radius 2 is 2.25 bits per heavy atom. The van der Waals surface area contributed by atoms with Crippen molar-refractivity contribution in [2.75, 3.05) is 0 Å². The van der Waals surface area contributed by atoms with Crippen molar-refractivity contribution in [3.63, 3.8) is 0 Å². The molecule has 1 heterocycles. The van der Waals surface area contributed by atoms with E-state index in [4.69, 9.17) is 4.74 Å². The van der Waals surface area contributed by atoms with E-state index in [1.807, 2.05) is 6.08 Å². The lowest BCUT2D eigenvalue weighted by atomic mass is 9.99. The van der Waals surface area contributed by atoms with E-state index in [2.05, 4.69) is 40.0 Å². The van der Waals surface area contributed by atoms with Crippen LogP contribution in [0.25, 0.3) is 0 Å². The van der Waals surface area contributed by atoms with Crippen molar-refractivity contribution in [1.29, 1.82) is 0 Å². The maximum atomic E-state index is 5.87. The molecular formula is C10H18OS. The number of hydrogen-bond donors (Lipinski definition) is 1. The summed E-state index contributed by atoms with van der Waals surface area (Å²) in [7, 11) is 0. The van der Waals surface area contributed by atoms with Crippen LogP contribution in [0.4, 0.5) is 0 Å². The van der Waals surface area contributed by atoms with Crippen LogP contribution in [0.5, 0.6) is 0 Å². The lowest BCUT2D eigenvalue weighted by Gasteiger charge is -2.28. The average Bonchev–Trinajstić information content (AvgIpc) is 2.32. The SMILES string of the molecule is C=CC1(C)CCC(C(C)(C)S)O1. The van der Waals surface area contributed by atoms with Crippen LogP contribution in [0.2, 0.25) is 0 Å². The third-order valence-corrected chi connectivity index (χ3v) is 2.82. The summed E-state index contributed by atoms with van der Waals surface area (Å²) in [4.78, 5) is 0. The Morgan fingerprint density at radius 1 is 1.67 bits per heavy atom. The molecule has 0 aromatic rings. The fourth-order valence-electron chi connectivity index (χ4n) is 1.51. The summed E-state index contributed by atoms with van der Waals surface area (Å²) in [6.45, 7) is 10.0. The minimum absolute atomic E-state index is 0.0409. The zero-order valence-corrected chi connectivity index (χ0v) is 9.03. The monoisotopic (exact) mass is 186 g/mol. The lowest BCUT2D eigenvalue weighted by Crippen LogP contribution is -2.33. The molecule has 1 rings (SSSR count). The molecule has 12 heavy (non-hydrogen) atoms. The number of rotatable bonds is 2. The summed E-state index contributed by atoms with van der Waals surface area (Å²) in [5, 5.41) is 0. The van der Waals surface area contributed by atoms with Crippen LogP contribution >= 0.6 is 12.6 Å². The minimum Gasteiger partial charge on any atom is -0.367 e. The Bertz CT molecular complexity index is 183. The van der Waals surface area contributed by atoms with Gasteiger partial charge in [0.2, 0.25) is 0 Å². The van der Waals surface area contributed by atoms with Crippen molar-refractivity contribution in [3.05, 3.63) is 12.7 Å². The van der Waals surface area contributed by atoms with E-state index in [1.165, 1.54) is 0 Å². The van der Waals surface area contributed by atoms with Crippen LogP contribution in [0.3, 0.4) is 0 Å². The molecule has 0 aromatic carbocycles. The standard InChI is InChI=1S/C10H18OS/c1-5-10(4)7-6-8(11-10)9(2,3)12/h5,8,12H,1,6-7H2,2-4H3. The number of ether oxygens (including phenoxy) is 1. The molecule has 0 aliphatic carbocycles. The molecule has 0 N–H and O–H groups in total. The van der Waals surface area contributed by atoms with Gasteiger partial charge in [0.1, 0.15) is 0 Å². The van der Waals surface area contributed by atoms with Gasteiger partial charge in [-0.2, -0.15) is 12.6 Å². The van der Waals surface area contributed by atoms with Crippen molar-refractivity contribution >= 4 is 12.6 Å². The molecule has 2 atom stereocenters. The van der Waals surface area contributed by atoms with E-state index in [-0.39, 0.29) is 16.5 Å². The zero-order chi connectivity index (χ0) is 9.41. The Kier molecular flexibility index (Phi) is 2.60. The molecule has 0 radical (unpaired) electrons. The Morgan fingerprint density at radius 3 is 2.50 bits per heavy atom. The highest BCUT2D eigenvalue weighted by atomic mass is 32.1. The summed E-state index contributed by atoms with van der Waals surface area (Å²) < 4.78 is 5.83. The van der Waals surface area contributed by atoms with Gasteiger partial charge < -0.3 is 4.74 Å². The highest BCUT2D eigenvalue weighted by Crippen LogP contribution is 2.37. The zero-order valence-electron chi connectivity index (χ0n) is 8.13. The number of hydrogen-bond acceptors (Lipinski definition) is 2. The molecule has 1 saturated heterocycles. The quantitative estimate of drug-likeness (QED) is 0.515. The van der Waals surface area contributed by atoms with Crippen molar-refractivity contribution in [1.82, 2.24) is 0 Å². The van der Waals surface area contributed by atoms with Gasteiger partial charge >= 0.3 is 0 Å². The smallest absolute Gasteiger partial charge is 0.0837 e. The second-order valence-corrected chi connectivity index (χ2v) is 5.47. The molecule has 0 amide bonds. The van der Waals surface area contributed by atoms with Crippen LogP contribution in [0.1, 0.15) is 33.6 Å². The van der Waals surface area contributed by atoms with E-state index in [0.29, 0.717) is 0 Å². The summed E-state index contributed by atoms with van der Waals surface area (Å²) >= 11 is 4.51. The molecule has 1 aliphatic rings. The van der Waals surface area contributed by atoms with Crippen molar-refractivity contribution in [2.45, 2.75) is 50.1 Å². The topological polar surface area (TPSA) is 9.23 Å². The molecule has 70 valence electrons. The molecule has 1 aliphatic heterocycles. The predicted molar refractivity (Wildman–Crippen MR) is 55.8 cm³/mol. The maximum Gasteiger partial charge on any atom is 0.0837 e. The molecular weight excluding hydrogens is 168 g/mol. The molecule has 2 unspecified atom stereocenters. The average molecular weight is 186 g/mol. The first-order chi connectivity index (χ1) is 5.37. The highest BCUT2D eigenvalue weighted by Gasteiger charge is 2.39. The highest BCUT2D eigenvalue weighted by molar-refractivity contribution is 7.81. The summed E-state index contributed by atoms with van der Waals surface area (Å²) in [6.07, 6.45) is 4.29. The van der Waals surface area contributed by atoms with Crippen LogP contribution in [-0.2, 0) is 4.74 Å². The van der Waals surface area contributed by atoms with Crippen molar-refractivity contribution in [3.8, 4) is 0 Å². The fourth-order valence-corrected chi connectivity index (χ4v) is 1.69. The molecule has 0 saturated carbocycles. The van der Waals surface area contributed by atoms with Gasteiger partial charge in [-0.25, -0.2) is 0 Å². The van der Waals surface area contributed by atoms with E-state index >= 15 is 0 Å². The van der Waals surface area contributed by atoms with Gasteiger partial charge in [-0.05, 0) is 33.6 Å². The Labute approximate surface area is 80.6 Å². The molecule has 0 spiro atoms. The van der Waals surface area contributed by atoms with Gasteiger partial charge in [0, 0.05) is 4.75 Å². The van der Waals surface area contributed by atoms with E-state index in [0.717, 1.165) is 12.8 Å². The fraction of sp³-hybridized carbons (Fsp3) is 0.800. The lowest BCUT2D eigenvalue weighted by molar-refractivity contribution is -0.00771. The van der Waals surface area contributed by atoms with Crippen LogP contribution in [-0.4, -0.2) is 16.5 Å². The second-order valence-electron chi connectivity index (χ2n) is 4.32. The van der Waals surface area contributed by atoms with E-state index < -0.39 is 0 Å². The van der Waals surface area contributed by atoms with Crippen LogP contribution in [0, 0.1) is 0 Å². The van der Waals surface area contributed by atoms with E-state index in [9.17, 15) is 0 Å². The van der Waals surface area contributed by atoms with Crippen LogP contribution in [0.15, 0.2) is 12.7 Å². The largest absolute Gasteiger partial charge is 0.367 e. The van der Waals surface area contributed by atoms with Crippen molar-refractivity contribution in [2.24, 2.45) is 0 Å². The summed E-state index contributed by atoms with van der Waals surface area (Å²) in [5.41, 5.74) is -0.120. The molecule has 2 heteroatoms. The molecule has 0 aromatic heterocycles. The Balaban J connectivity index is 2.63. The first-order valence-electron chi connectivity index (χ1n) is 4.41. The minimum atomic E-state index is -0.120. The summed E-state index contributed by atoms with van der Waals surface area (Å²) in [5.74, 6) is 0. The van der Waals surface area contributed by atoms with Gasteiger partial charge in [0.25, 0.3) is 0 Å². The first-order valence-corrected chi connectivity index (χ1v) is 4.86. The first kappa shape index (κ1) is 10.1. The van der Waals surface area contributed by atoms with Crippen LogP contribution < -0.4 is 0 Å². The van der Waals surface area contributed by atoms with Gasteiger partial charge in [-0.15, -0.1) is 6.58 Å². The van der Waals surface area contributed by atoms with E-state index in [1.54, 1.807) is 0 Å². The van der Waals surface area contributed by atoms with Gasteiger partial charge in [-0.1, -0.05) is 6.08 Å². The predicted octanol–water partition coefficient (Wildman–Crippen LogP) is 2.82. The normalized spacial score (nSPS) is 36.8. The third-order valence-electron chi connectivity index (χ3n) is 2.53. The van der Waals surface area contributed by atoms with Crippen molar-refractivity contribution < 1.29 is 4.74 Å².